The third kappa shape index (κ3) is 5.71. The van der Waals surface area contributed by atoms with E-state index in [4.69, 9.17) is 9.47 Å². The van der Waals surface area contributed by atoms with Crippen molar-refractivity contribution in [2.75, 3.05) is 26.8 Å². The molecule has 1 rings (SSSR count). The fourth-order valence-corrected chi connectivity index (χ4v) is 1.57. The number of ether oxygens (including phenoxy) is 2. The first kappa shape index (κ1) is 14.0. The summed E-state index contributed by atoms with van der Waals surface area (Å²) >= 11 is 0. The van der Waals surface area contributed by atoms with Crippen LogP contribution in [0.3, 0.4) is 0 Å². The molecular weight excluding hydrogens is 214 g/mol. The molecule has 0 aliphatic heterocycles. The van der Waals surface area contributed by atoms with E-state index in [9.17, 15) is 0 Å². The first-order valence-electron chi connectivity index (χ1n) is 6.19. The molecule has 17 heavy (non-hydrogen) atoms. The van der Waals surface area contributed by atoms with Gasteiger partial charge in [0.05, 0.1) is 6.61 Å². The van der Waals surface area contributed by atoms with Gasteiger partial charge in [0.25, 0.3) is 0 Å². The Labute approximate surface area is 104 Å². The van der Waals surface area contributed by atoms with Gasteiger partial charge in [0.15, 0.2) is 0 Å². The molecule has 0 aromatic heterocycles. The molecule has 0 saturated heterocycles. The second-order valence-corrected chi connectivity index (χ2v) is 4.21. The van der Waals surface area contributed by atoms with Crippen molar-refractivity contribution >= 4 is 0 Å². The van der Waals surface area contributed by atoms with Gasteiger partial charge < -0.3 is 14.8 Å². The topological polar surface area (TPSA) is 30.5 Å². The Morgan fingerprint density at radius 1 is 1.24 bits per heavy atom. The predicted molar refractivity (Wildman–Crippen MR) is 70.6 cm³/mol. The van der Waals surface area contributed by atoms with Crippen LogP contribution in [0.2, 0.25) is 0 Å². The summed E-state index contributed by atoms with van der Waals surface area (Å²) < 4.78 is 11.0. The Bertz CT molecular complexity index is 298. The zero-order valence-corrected chi connectivity index (χ0v) is 11.0. The van der Waals surface area contributed by atoms with Crippen LogP contribution in [-0.4, -0.2) is 32.9 Å². The lowest BCUT2D eigenvalue weighted by atomic mass is 10.2. The summed E-state index contributed by atoms with van der Waals surface area (Å²) in [6, 6.07) is 8.10. The first-order valence-corrected chi connectivity index (χ1v) is 6.19. The average Bonchev–Trinajstić information content (AvgIpc) is 2.32. The highest BCUT2D eigenvalue weighted by molar-refractivity contribution is 5.26. The third-order valence-electron chi connectivity index (χ3n) is 2.48. The number of hydrogen-bond acceptors (Lipinski definition) is 3. The van der Waals surface area contributed by atoms with E-state index in [1.807, 2.05) is 12.1 Å². The van der Waals surface area contributed by atoms with Crippen LogP contribution < -0.4 is 10.1 Å². The van der Waals surface area contributed by atoms with Crippen molar-refractivity contribution in [3.8, 4) is 5.75 Å². The van der Waals surface area contributed by atoms with E-state index >= 15 is 0 Å². The maximum atomic E-state index is 5.87. The van der Waals surface area contributed by atoms with Gasteiger partial charge in [0.1, 0.15) is 11.9 Å². The number of benzene rings is 1. The Kier molecular flexibility index (Phi) is 6.67. The lowest BCUT2D eigenvalue weighted by molar-refractivity contribution is 0.0807. The van der Waals surface area contributed by atoms with Crippen molar-refractivity contribution in [1.82, 2.24) is 5.32 Å². The number of rotatable bonds is 8. The van der Waals surface area contributed by atoms with Crippen LogP contribution in [0.25, 0.3) is 0 Å². The maximum absolute atomic E-state index is 5.87. The molecule has 3 heteroatoms. The van der Waals surface area contributed by atoms with E-state index < -0.39 is 0 Å². The highest BCUT2D eigenvalue weighted by Gasteiger charge is 2.09. The molecule has 1 N–H and O–H groups in total. The number of aryl methyl sites for hydroxylation is 1. The van der Waals surface area contributed by atoms with Gasteiger partial charge in [-0.05, 0) is 32.0 Å². The predicted octanol–water partition coefficient (Wildman–Crippen LogP) is 2.39. The summed E-state index contributed by atoms with van der Waals surface area (Å²) in [5.41, 5.74) is 1.24. The van der Waals surface area contributed by atoms with Gasteiger partial charge >= 0.3 is 0 Å². The Hall–Kier alpha value is -1.06. The maximum Gasteiger partial charge on any atom is 0.134 e. The average molecular weight is 237 g/mol. The quantitative estimate of drug-likeness (QED) is 0.704. The lowest BCUT2D eigenvalue weighted by Crippen LogP contribution is -2.35. The van der Waals surface area contributed by atoms with Crippen molar-refractivity contribution in [3.63, 3.8) is 0 Å². The monoisotopic (exact) mass is 237 g/mol. The van der Waals surface area contributed by atoms with Crippen LogP contribution in [-0.2, 0) is 4.74 Å². The Balaban J connectivity index is 2.44. The summed E-state index contributed by atoms with van der Waals surface area (Å²) in [6.45, 7) is 6.65. The molecule has 3 nitrogen and oxygen atoms in total. The molecule has 0 aliphatic rings. The second kappa shape index (κ2) is 8.09. The van der Waals surface area contributed by atoms with Crippen LogP contribution in [0.5, 0.6) is 5.75 Å². The smallest absolute Gasteiger partial charge is 0.134 e. The van der Waals surface area contributed by atoms with Crippen molar-refractivity contribution < 1.29 is 9.47 Å². The molecule has 1 aromatic carbocycles. The van der Waals surface area contributed by atoms with E-state index in [2.05, 4.69) is 31.3 Å². The zero-order chi connectivity index (χ0) is 12.5. The lowest BCUT2D eigenvalue weighted by Gasteiger charge is -2.19. The van der Waals surface area contributed by atoms with E-state index in [0.717, 1.165) is 25.3 Å². The number of nitrogens with one attached hydrogen (secondary N) is 1. The summed E-state index contributed by atoms with van der Waals surface area (Å²) in [5, 5.41) is 3.35. The van der Waals surface area contributed by atoms with Crippen LogP contribution in [0.1, 0.15) is 18.9 Å². The van der Waals surface area contributed by atoms with E-state index in [1.54, 1.807) is 7.11 Å². The van der Waals surface area contributed by atoms with Gasteiger partial charge in [0, 0.05) is 13.7 Å². The second-order valence-electron chi connectivity index (χ2n) is 4.21. The van der Waals surface area contributed by atoms with E-state index in [-0.39, 0.29) is 6.10 Å². The standard InChI is InChI=1S/C14H23NO2/c1-4-9-15-10-14(11-16-3)17-13-7-5-12(2)6-8-13/h5-8,14-15H,4,9-11H2,1-3H3. The fourth-order valence-electron chi connectivity index (χ4n) is 1.57. The molecule has 0 saturated carbocycles. The van der Waals surface area contributed by atoms with E-state index in [1.165, 1.54) is 5.56 Å². The van der Waals surface area contributed by atoms with Gasteiger partial charge in [-0.3, -0.25) is 0 Å². The van der Waals surface area contributed by atoms with Gasteiger partial charge in [-0.1, -0.05) is 24.6 Å². The summed E-state index contributed by atoms with van der Waals surface area (Å²) in [6.07, 6.45) is 1.19. The Morgan fingerprint density at radius 3 is 2.53 bits per heavy atom. The van der Waals surface area contributed by atoms with Crippen molar-refractivity contribution in [2.24, 2.45) is 0 Å². The minimum atomic E-state index is 0.0641. The van der Waals surface area contributed by atoms with Crippen LogP contribution in [0, 0.1) is 6.92 Å². The first-order chi connectivity index (χ1) is 8.26. The minimum absolute atomic E-state index is 0.0641. The summed E-state index contributed by atoms with van der Waals surface area (Å²) in [4.78, 5) is 0. The molecule has 1 atom stereocenters. The van der Waals surface area contributed by atoms with Gasteiger partial charge in [-0.2, -0.15) is 0 Å². The zero-order valence-electron chi connectivity index (χ0n) is 11.0. The molecule has 1 unspecified atom stereocenters. The molecule has 0 aliphatic carbocycles. The molecule has 0 heterocycles. The molecular formula is C14H23NO2. The van der Waals surface area contributed by atoms with Crippen LogP contribution >= 0.6 is 0 Å². The minimum Gasteiger partial charge on any atom is -0.487 e. The van der Waals surface area contributed by atoms with Crippen LogP contribution in [0.15, 0.2) is 24.3 Å². The summed E-state index contributed by atoms with van der Waals surface area (Å²) in [5.74, 6) is 0.899. The van der Waals surface area contributed by atoms with Crippen molar-refractivity contribution in [1.29, 1.82) is 0 Å². The molecule has 1 aromatic rings. The fraction of sp³-hybridized carbons (Fsp3) is 0.571. The molecule has 0 spiro atoms. The molecule has 0 radical (unpaired) electrons. The van der Waals surface area contributed by atoms with Crippen LogP contribution in [0.4, 0.5) is 0 Å². The van der Waals surface area contributed by atoms with Gasteiger partial charge in [-0.25, -0.2) is 0 Å². The van der Waals surface area contributed by atoms with Gasteiger partial charge in [-0.15, -0.1) is 0 Å². The molecule has 0 amide bonds. The number of methoxy groups -OCH3 is 1. The van der Waals surface area contributed by atoms with Gasteiger partial charge in [0.2, 0.25) is 0 Å². The molecule has 0 bridgehead atoms. The molecule has 0 fully saturated rings. The number of hydrogen-bond donors (Lipinski definition) is 1. The Morgan fingerprint density at radius 2 is 1.94 bits per heavy atom. The van der Waals surface area contributed by atoms with Crippen molar-refractivity contribution in [2.45, 2.75) is 26.4 Å². The SMILES string of the molecule is CCCNCC(COC)Oc1ccc(C)cc1. The highest BCUT2D eigenvalue weighted by atomic mass is 16.5. The normalized spacial score (nSPS) is 12.4. The van der Waals surface area contributed by atoms with Crippen molar-refractivity contribution in [3.05, 3.63) is 29.8 Å². The molecule has 96 valence electrons. The third-order valence-corrected chi connectivity index (χ3v) is 2.48. The largest absolute Gasteiger partial charge is 0.487 e. The summed E-state index contributed by atoms with van der Waals surface area (Å²) in [7, 11) is 1.70. The highest BCUT2D eigenvalue weighted by Crippen LogP contribution is 2.13. The van der Waals surface area contributed by atoms with E-state index in [0.29, 0.717) is 6.61 Å².